The highest BCUT2D eigenvalue weighted by atomic mass is 16.5. The summed E-state index contributed by atoms with van der Waals surface area (Å²) in [4.78, 5) is 21.3. The van der Waals surface area contributed by atoms with Crippen molar-refractivity contribution in [2.75, 3.05) is 0 Å². The molecule has 7 nitrogen and oxygen atoms in total. The van der Waals surface area contributed by atoms with Crippen LogP contribution in [0.1, 0.15) is 41.7 Å². The normalized spacial score (nSPS) is 11.8. The summed E-state index contributed by atoms with van der Waals surface area (Å²) < 4.78 is 11.2. The molecule has 2 aromatic heterocycles. The second-order valence-corrected chi connectivity index (χ2v) is 7.69. The Morgan fingerprint density at radius 1 is 1.00 bits per heavy atom. The molecule has 1 atom stereocenters. The van der Waals surface area contributed by atoms with E-state index in [9.17, 15) is 4.79 Å². The van der Waals surface area contributed by atoms with Crippen molar-refractivity contribution in [3.05, 3.63) is 96.1 Å². The Balaban J connectivity index is 1.41. The summed E-state index contributed by atoms with van der Waals surface area (Å²) in [6.45, 7) is 4.45. The molecular formula is C25H24N4O3. The van der Waals surface area contributed by atoms with Crippen LogP contribution in [-0.4, -0.2) is 21.0 Å². The second-order valence-electron chi connectivity index (χ2n) is 7.69. The maximum atomic E-state index is 12.9. The fourth-order valence-electron chi connectivity index (χ4n) is 3.16. The van der Waals surface area contributed by atoms with Crippen LogP contribution in [0.25, 0.3) is 11.4 Å². The van der Waals surface area contributed by atoms with E-state index in [1.165, 1.54) is 0 Å². The van der Waals surface area contributed by atoms with Crippen molar-refractivity contribution in [1.82, 2.24) is 20.4 Å². The molecule has 1 unspecified atom stereocenters. The Morgan fingerprint density at radius 2 is 1.72 bits per heavy atom. The number of nitrogens with zero attached hydrogens (tertiary/aromatic N) is 3. The molecule has 1 amide bonds. The predicted octanol–water partition coefficient (Wildman–Crippen LogP) is 4.84. The van der Waals surface area contributed by atoms with Crippen LogP contribution < -0.4 is 10.1 Å². The lowest BCUT2D eigenvalue weighted by molar-refractivity contribution is 0.0914. The lowest BCUT2D eigenvalue weighted by atomic mass is 10.0. The van der Waals surface area contributed by atoms with Crippen LogP contribution in [0.3, 0.4) is 0 Å². The van der Waals surface area contributed by atoms with Gasteiger partial charge < -0.3 is 14.6 Å². The number of pyridine rings is 1. The van der Waals surface area contributed by atoms with E-state index in [-0.39, 0.29) is 11.8 Å². The van der Waals surface area contributed by atoms with E-state index in [1.807, 2.05) is 44.2 Å². The van der Waals surface area contributed by atoms with Gasteiger partial charge in [0.1, 0.15) is 18.4 Å². The maximum absolute atomic E-state index is 12.9. The molecule has 7 heteroatoms. The van der Waals surface area contributed by atoms with Gasteiger partial charge >= 0.3 is 0 Å². The predicted molar refractivity (Wildman–Crippen MR) is 120 cm³/mol. The minimum absolute atomic E-state index is 0.0539. The van der Waals surface area contributed by atoms with E-state index in [0.717, 1.165) is 11.1 Å². The van der Waals surface area contributed by atoms with E-state index in [2.05, 4.69) is 20.4 Å². The molecule has 162 valence electrons. The number of carbonyl (C=O) groups excluding carboxylic acids is 1. The first-order chi connectivity index (χ1) is 15.6. The number of amides is 1. The first-order valence-corrected chi connectivity index (χ1v) is 10.4. The number of nitrogens with one attached hydrogen (secondary N) is 1. The minimum atomic E-state index is -0.417. The van der Waals surface area contributed by atoms with Gasteiger partial charge in [0.25, 0.3) is 5.91 Å². The Bertz CT molecular complexity index is 1140. The third kappa shape index (κ3) is 5.18. The molecule has 0 saturated carbocycles. The van der Waals surface area contributed by atoms with E-state index >= 15 is 0 Å². The smallest absolute Gasteiger partial charge is 0.251 e. The Morgan fingerprint density at radius 3 is 2.41 bits per heavy atom. The highest BCUT2D eigenvalue weighted by molar-refractivity contribution is 5.94. The van der Waals surface area contributed by atoms with Gasteiger partial charge in [-0.15, -0.1) is 0 Å². The first kappa shape index (κ1) is 21.2. The van der Waals surface area contributed by atoms with Crippen LogP contribution in [0.15, 0.2) is 83.6 Å². The first-order valence-electron chi connectivity index (χ1n) is 10.4. The number of hydrogen-bond donors (Lipinski definition) is 1. The lowest BCUT2D eigenvalue weighted by Crippen LogP contribution is -2.32. The number of ether oxygens (including phenoxy) is 1. The molecule has 0 radical (unpaired) electrons. The fourth-order valence-corrected chi connectivity index (χ4v) is 3.16. The van der Waals surface area contributed by atoms with Crippen molar-refractivity contribution >= 4 is 5.91 Å². The topological polar surface area (TPSA) is 90.1 Å². The summed E-state index contributed by atoms with van der Waals surface area (Å²) in [5.74, 6) is 1.36. The molecule has 4 rings (SSSR count). The van der Waals surface area contributed by atoms with E-state index in [1.54, 1.807) is 48.8 Å². The maximum Gasteiger partial charge on any atom is 0.251 e. The molecule has 32 heavy (non-hydrogen) atoms. The van der Waals surface area contributed by atoms with E-state index in [0.29, 0.717) is 29.6 Å². The third-order valence-corrected chi connectivity index (χ3v) is 4.96. The molecule has 2 heterocycles. The van der Waals surface area contributed by atoms with Gasteiger partial charge in [-0.25, -0.2) is 0 Å². The number of benzene rings is 2. The number of hydrogen-bond acceptors (Lipinski definition) is 6. The summed E-state index contributed by atoms with van der Waals surface area (Å²) in [5, 5.41) is 7.05. The van der Waals surface area contributed by atoms with Crippen molar-refractivity contribution in [2.45, 2.75) is 26.5 Å². The van der Waals surface area contributed by atoms with Gasteiger partial charge in [0.05, 0.1) is 0 Å². The molecule has 0 spiro atoms. The summed E-state index contributed by atoms with van der Waals surface area (Å²) >= 11 is 0. The number of aromatic nitrogens is 3. The quantitative estimate of drug-likeness (QED) is 0.432. The molecule has 1 N–H and O–H groups in total. The zero-order chi connectivity index (χ0) is 22.3. The van der Waals surface area contributed by atoms with Gasteiger partial charge in [-0.3, -0.25) is 9.78 Å². The molecule has 0 aliphatic carbocycles. The monoisotopic (exact) mass is 428 g/mol. The molecule has 2 aromatic carbocycles. The number of rotatable bonds is 8. The van der Waals surface area contributed by atoms with Gasteiger partial charge in [-0.05, 0) is 47.9 Å². The third-order valence-electron chi connectivity index (χ3n) is 4.96. The van der Waals surface area contributed by atoms with Crippen LogP contribution in [-0.2, 0) is 6.61 Å². The van der Waals surface area contributed by atoms with Crippen LogP contribution in [0.2, 0.25) is 0 Å². The van der Waals surface area contributed by atoms with Crippen LogP contribution in [0.5, 0.6) is 5.75 Å². The highest BCUT2D eigenvalue weighted by Gasteiger charge is 2.25. The van der Waals surface area contributed by atoms with Crippen molar-refractivity contribution in [3.63, 3.8) is 0 Å². The van der Waals surface area contributed by atoms with Crippen LogP contribution in [0.4, 0.5) is 0 Å². The SMILES string of the molecule is CC(C)C(NC(=O)c1ccc(OCc2ccccc2)cc1)c1nc(-c2ccncc2)no1. The fraction of sp³-hybridized carbons (Fsp3) is 0.200. The molecule has 4 aromatic rings. The van der Waals surface area contributed by atoms with E-state index in [4.69, 9.17) is 9.26 Å². The summed E-state index contributed by atoms with van der Waals surface area (Å²) in [7, 11) is 0. The zero-order valence-corrected chi connectivity index (χ0v) is 17.9. The molecule has 0 aliphatic rings. The summed E-state index contributed by atoms with van der Waals surface area (Å²) in [5.41, 5.74) is 2.41. The zero-order valence-electron chi connectivity index (χ0n) is 17.9. The van der Waals surface area contributed by atoms with Crippen LogP contribution >= 0.6 is 0 Å². The largest absolute Gasteiger partial charge is 0.489 e. The van der Waals surface area contributed by atoms with Crippen molar-refractivity contribution in [3.8, 4) is 17.1 Å². The molecule has 0 fully saturated rings. The lowest BCUT2D eigenvalue weighted by Gasteiger charge is -2.18. The van der Waals surface area contributed by atoms with Crippen molar-refractivity contribution in [1.29, 1.82) is 0 Å². The minimum Gasteiger partial charge on any atom is -0.489 e. The van der Waals surface area contributed by atoms with Gasteiger partial charge in [-0.2, -0.15) is 4.98 Å². The van der Waals surface area contributed by atoms with Gasteiger partial charge in [0, 0.05) is 23.5 Å². The molecular weight excluding hydrogens is 404 g/mol. The van der Waals surface area contributed by atoms with Gasteiger partial charge in [-0.1, -0.05) is 49.3 Å². The number of carbonyl (C=O) groups is 1. The Kier molecular flexibility index (Phi) is 6.55. The summed E-state index contributed by atoms with van der Waals surface area (Å²) in [6.07, 6.45) is 3.33. The Labute approximate surface area is 186 Å². The van der Waals surface area contributed by atoms with Crippen molar-refractivity contribution < 1.29 is 14.1 Å². The average Bonchev–Trinajstić information content (AvgIpc) is 3.32. The van der Waals surface area contributed by atoms with Gasteiger partial charge in [0.15, 0.2) is 0 Å². The Hall–Kier alpha value is -4.00. The van der Waals surface area contributed by atoms with Crippen LogP contribution in [0, 0.1) is 5.92 Å². The highest BCUT2D eigenvalue weighted by Crippen LogP contribution is 2.24. The molecule has 0 aliphatic heterocycles. The van der Waals surface area contributed by atoms with Crippen molar-refractivity contribution in [2.24, 2.45) is 5.92 Å². The molecule has 0 saturated heterocycles. The standard InChI is InChI=1S/C25H24N4O3/c1-17(2)22(25-28-23(29-32-25)19-12-14-26-15-13-19)27-24(30)20-8-10-21(11-9-20)31-16-18-6-4-3-5-7-18/h3-15,17,22H,16H2,1-2H3,(H,27,30). The summed E-state index contributed by atoms with van der Waals surface area (Å²) in [6, 6.07) is 20.2. The van der Waals surface area contributed by atoms with Gasteiger partial charge in [0.2, 0.25) is 11.7 Å². The van der Waals surface area contributed by atoms with E-state index < -0.39 is 6.04 Å². The second kappa shape index (κ2) is 9.87. The molecule has 0 bridgehead atoms. The average molecular weight is 428 g/mol.